The van der Waals surface area contributed by atoms with E-state index in [0.717, 1.165) is 26.1 Å². The number of aryl methyl sites for hydroxylation is 1. The van der Waals surface area contributed by atoms with Gasteiger partial charge < -0.3 is 5.32 Å². The highest BCUT2D eigenvalue weighted by molar-refractivity contribution is 5.22. The smallest absolute Gasteiger partial charge is 0.0234 e. The molecular weight excluding hydrogens is 268 g/mol. The maximum absolute atomic E-state index is 3.71. The van der Waals surface area contributed by atoms with Gasteiger partial charge in [-0.2, -0.15) is 0 Å². The zero-order valence-electron chi connectivity index (χ0n) is 13.5. The SMILES string of the molecule is CCc1ccc(CNC2CCN(Cc3ccccc3)C2)cc1. The third kappa shape index (κ3) is 4.19. The van der Waals surface area contributed by atoms with Crippen LogP contribution in [-0.4, -0.2) is 24.0 Å². The molecule has 1 fully saturated rings. The molecular formula is C20H26N2. The molecule has 3 rings (SSSR count). The maximum atomic E-state index is 3.71. The highest BCUT2D eigenvalue weighted by Crippen LogP contribution is 2.14. The van der Waals surface area contributed by atoms with Gasteiger partial charge in [0.25, 0.3) is 0 Å². The van der Waals surface area contributed by atoms with Crippen molar-refractivity contribution in [3.63, 3.8) is 0 Å². The monoisotopic (exact) mass is 294 g/mol. The summed E-state index contributed by atoms with van der Waals surface area (Å²) < 4.78 is 0. The molecule has 2 heteroatoms. The van der Waals surface area contributed by atoms with E-state index in [1.807, 2.05) is 0 Å². The van der Waals surface area contributed by atoms with Crippen LogP contribution in [0.15, 0.2) is 54.6 Å². The Bertz CT molecular complexity index is 562. The minimum atomic E-state index is 0.620. The quantitative estimate of drug-likeness (QED) is 0.875. The third-order valence-electron chi connectivity index (χ3n) is 4.55. The second kappa shape index (κ2) is 7.57. The molecule has 0 aromatic heterocycles. The first kappa shape index (κ1) is 15.3. The van der Waals surface area contributed by atoms with E-state index in [4.69, 9.17) is 0 Å². The average Bonchev–Trinajstić information content (AvgIpc) is 3.02. The standard InChI is InChI=1S/C20H26N2/c1-2-17-8-10-18(11-9-17)14-21-20-12-13-22(16-20)15-19-6-4-3-5-7-19/h3-11,20-21H,2,12-16H2,1H3. The summed E-state index contributed by atoms with van der Waals surface area (Å²) in [7, 11) is 0. The number of hydrogen-bond acceptors (Lipinski definition) is 2. The molecule has 0 radical (unpaired) electrons. The van der Waals surface area contributed by atoms with Gasteiger partial charge in [-0.15, -0.1) is 0 Å². The summed E-state index contributed by atoms with van der Waals surface area (Å²) in [6, 6.07) is 20.4. The van der Waals surface area contributed by atoms with Crippen molar-refractivity contribution in [2.24, 2.45) is 0 Å². The van der Waals surface area contributed by atoms with Gasteiger partial charge in [0.1, 0.15) is 0 Å². The van der Waals surface area contributed by atoms with Crippen molar-refractivity contribution >= 4 is 0 Å². The lowest BCUT2D eigenvalue weighted by atomic mass is 10.1. The Morgan fingerprint density at radius 1 is 0.955 bits per heavy atom. The van der Waals surface area contributed by atoms with Crippen LogP contribution in [0.1, 0.15) is 30.0 Å². The van der Waals surface area contributed by atoms with Gasteiger partial charge in [-0.25, -0.2) is 0 Å². The molecule has 0 amide bonds. The van der Waals surface area contributed by atoms with E-state index in [0.29, 0.717) is 6.04 Å². The van der Waals surface area contributed by atoms with E-state index in [-0.39, 0.29) is 0 Å². The van der Waals surface area contributed by atoms with Crippen LogP contribution in [0.5, 0.6) is 0 Å². The topological polar surface area (TPSA) is 15.3 Å². The molecule has 2 nitrogen and oxygen atoms in total. The first-order chi connectivity index (χ1) is 10.8. The minimum Gasteiger partial charge on any atom is -0.309 e. The predicted molar refractivity (Wildman–Crippen MR) is 92.8 cm³/mol. The Balaban J connectivity index is 1.44. The average molecular weight is 294 g/mol. The van der Waals surface area contributed by atoms with Crippen LogP contribution in [0.4, 0.5) is 0 Å². The zero-order valence-corrected chi connectivity index (χ0v) is 13.5. The summed E-state index contributed by atoms with van der Waals surface area (Å²) >= 11 is 0. The number of rotatable bonds is 6. The van der Waals surface area contributed by atoms with Crippen molar-refractivity contribution in [1.82, 2.24) is 10.2 Å². The molecule has 1 atom stereocenters. The molecule has 2 aromatic rings. The Kier molecular flexibility index (Phi) is 5.25. The van der Waals surface area contributed by atoms with Crippen molar-refractivity contribution in [2.75, 3.05) is 13.1 Å². The molecule has 22 heavy (non-hydrogen) atoms. The number of likely N-dealkylation sites (tertiary alicyclic amines) is 1. The fourth-order valence-electron chi connectivity index (χ4n) is 3.14. The van der Waals surface area contributed by atoms with E-state index in [1.165, 1.54) is 29.7 Å². The van der Waals surface area contributed by atoms with Gasteiger partial charge in [0, 0.05) is 32.2 Å². The van der Waals surface area contributed by atoms with Crippen molar-refractivity contribution in [3.05, 3.63) is 71.3 Å². The summed E-state index contributed by atoms with van der Waals surface area (Å²) in [5.74, 6) is 0. The summed E-state index contributed by atoms with van der Waals surface area (Å²) in [5, 5.41) is 3.71. The molecule has 1 heterocycles. The van der Waals surface area contributed by atoms with E-state index in [1.54, 1.807) is 0 Å². The van der Waals surface area contributed by atoms with Crippen molar-refractivity contribution in [3.8, 4) is 0 Å². The fourth-order valence-corrected chi connectivity index (χ4v) is 3.14. The lowest BCUT2D eigenvalue weighted by molar-refractivity contribution is 0.320. The Morgan fingerprint density at radius 3 is 2.41 bits per heavy atom. The van der Waals surface area contributed by atoms with Crippen LogP contribution in [0, 0.1) is 0 Å². The lowest BCUT2D eigenvalue weighted by Crippen LogP contribution is -2.31. The van der Waals surface area contributed by atoms with E-state index in [9.17, 15) is 0 Å². The van der Waals surface area contributed by atoms with Gasteiger partial charge in [-0.3, -0.25) is 4.90 Å². The van der Waals surface area contributed by atoms with Crippen LogP contribution >= 0.6 is 0 Å². The van der Waals surface area contributed by atoms with Crippen LogP contribution in [0.3, 0.4) is 0 Å². The number of benzene rings is 2. The molecule has 2 aromatic carbocycles. The number of hydrogen-bond donors (Lipinski definition) is 1. The molecule has 1 aliphatic rings. The fraction of sp³-hybridized carbons (Fsp3) is 0.400. The highest BCUT2D eigenvalue weighted by atomic mass is 15.2. The van der Waals surface area contributed by atoms with Crippen LogP contribution < -0.4 is 5.32 Å². The minimum absolute atomic E-state index is 0.620. The molecule has 0 saturated carbocycles. The van der Waals surface area contributed by atoms with Gasteiger partial charge >= 0.3 is 0 Å². The van der Waals surface area contributed by atoms with Gasteiger partial charge in [-0.05, 0) is 29.5 Å². The van der Waals surface area contributed by atoms with E-state index < -0.39 is 0 Å². The Hall–Kier alpha value is -1.64. The maximum Gasteiger partial charge on any atom is 0.0234 e. The molecule has 116 valence electrons. The van der Waals surface area contributed by atoms with E-state index >= 15 is 0 Å². The van der Waals surface area contributed by atoms with Crippen molar-refractivity contribution in [1.29, 1.82) is 0 Å². The van der Waals surface area contributed by atoms with Gasteiger partial charge in [0.15, 0.2) is 0 Å². The van der Waals surface area contributed by atoms with Crippen molar-refractivity contribution < 1.29 is 0 Å². The third-order valence-corrected chi connectivity index (χ3v) is 4.55. The largest absolute Gasteiger partial charge is 0.309 e. The molecule has 1 N–H and O–H groups in total. The molecule has 0 bridgehead atoms. The first-order valence-electron chi connectivity index (χ1n) is 8.41. The number of nitrogens with one attached hydrogen (secondary N) is 1. The zero-order chi connectivity index (χ0) is 15.2. The summed E-state index contributed by atoms with van der Waals surface area (Å²) in [6.45, 7) is 6.61. The highest BCUT2D eigenvalue weighted by Gasteiger charge is 2.21. The molecule has 1 unspecified atom stereocenters. The first-order valence-corrected chi connectivity index (χ1v) is 8.41. The predicted octanol–water partition coefficient (Wildman–Crippen LogP) is 3.61. The second-order valence-electron chi connectivity index (χ2n) is 6.26. The normalized spacial score (nSPS) is 18.7. The van der Waals surface area contributed by atoms with Crippen LogP contribution in [-0.2, 0) is 19.5 Å². The van der Waals surface area contributed by atoms with Crippen LogP contribution in [0.2, 0.25) is 0 Å². The van der Waals surface area contributed by atoms with Gasteiger partial charge in [0.2, 0.25) is 0 Å². The Morgan fingerprint density at radius 2 is 1.68 bits per heavy atom. The summed E-state index contributed by atoms with van der Waals surface area (Å²) in [6.07, 6.45) is 2.37. The van der Waals surface area contributed by atoms with Crippen LogP contribution in [0.25, 0.3) is 0 Å². The molecule has 0 spiro atoms. The molecule has 1 saturated heterocycles. The van der Waals surface area contributed by atoms with Crippen molar-refractivity contribution in [2.45, 2.75) is 38.9 Å². The Labute approximate surface area is 134 Å². The van der Waals surface area contributed by atoms with Gasteiger partial charge in [-0.1, -0.05) is 61.5 Å². The molecule has 0 aliphatic carbocycles. The summed E-state index contributed by atoms with van der Waals surface area (Å²) in [5.41, 5.74) is 4.22. The molecule has 1 aliphatic heterocycles. The number of nitrogens with zero attached hydrogens (tertiary/aromatic N) is 1. The lowest BCUT2D eigenvalue weighted by Gasteiger charge is -2.17. The van der Waals surface area contributed by atoms with E-state index in [2.05, 4.69) is 71.7 Å². The van der Waals surface area contributed by atoms with Gasteiger partial charge in [0.05, 0.1) is 0 Å². The second-order valence-corrected chi connectivity index (χ2v) is 6.26. The summed E-state index contributed by atoms with van der Waals surface area (Å²) in [4.78, 5) is 2.55.